The highest BCUT2D eigenvalue weighted by Crippen LogP contribution is 2.27. The van der Waals surface area contributed by atoms with Gasteiger partial charge < -0.3 is 10.8 Å². The quantitative estimate of drug-likeness (QED) is 0.870. The lowest BCUT2D eigenvalue weighted by molar-refractivity contribution is -0.143. The summed E-state index contributed by atoms with van der Waals surface area (Å²) in [5, 5.41) is 9.70. The first-order valence-electron chi connectivity index (χ1n) is 6.50. The number of benzene rings is 1. The van der Waals surface area contributed by atoms with Crippen molar-refractivity contribution in [2.24, 2.45) is 5.73 Å². The van der Waals surface area contributed by atoms with E-state index in [4.69, 9.17) is 5.73 Å². The topological polar surface area (TPSA) is 76.2 Å². The van der Waals surface area contributed by atoms with Crippen molar-refractivity contribution >= 4 is 5.97 Å². The highest BCUT2D eigenvalue weighted by Gasteiger charge is 2.39. The summed E-state index contributed by atoms with van der Waals surface area (Å²) in [6.45, 7) is 1.92. The Labute approximate surface area is 118 Å². The molecule has 2 aromatic rings. The number of hydrogen-bond donors (Lipinski definition) is 2. The maximum Gasteiger partial charge on any atom is 0.315 e. The van der Waals surface area contributed by atoms with E-state index in [1.807, 2.05) is 43.3 Å². The van der Waals surface area contributed by atoms with Gasteiger partial charge in [-0.2, -0.15) is 0 Å². The van der Waals surface area contributed by atoms with E-state index < -0.39 is 11.4 Å². The molecule has 0 bridgehead atoms. The molecule has 2 rings (SSSR count). The second-order valence-electron chi connectivity index (χ2n) is 4.90. The van der Waals surface area contributed by atoms with Crippen molar-refractivity contribution in [3.05, 3.63) is 65.5 Å². The molecule has 0 radical (unpaired) electrons. The van der Waals surface area contributed by atoms with Crippen molar-refractivity contribution in [2.75, 3.05) is 6.54 Å². The first-order chi connectivity index (χ1) is 9.58. The Morgan fingerprint density at radius 3 is 2.45 bits per heavy atom. The lowest BCUT2D eigenvalue weighted by Gasteiger charge is -2.28. The summed E-state index contributed by atoms with van der Waals surface area (Å²) in [6, 6.07) is 14.7. The molecular formula is C16H18N2O2. The highest BCUT2D eigenvalue weighted by molar-refractivity contribution is 5.82. The van der Waals surface area contributed by atoms with E-state index in [1.165, 1.54) is 0 Å². The van der Waals surface area contributed by atoms with E-state index in [0.717, 1.165) is 11.4 Å². The summed E-state index contributed by atoms with van der Waals surface area (Å²) in [7, 11) is 0. The summed E-state index contributed by atoms with van der Waals surface area (Å²) in [6.07, 6.45) is 0.282. The van der Waals surface area contributed by atoms with Crippen molar-refractivity contribution in [3.63, 3.8) is 0 Å². The SMILES string of the molecule is Cc1cccc(CC(CN)(C(=O)O)c2ccccc2)n1. The summed E-state index contributed by atoms with van der Waals surface area (Å²) in [5.41, 5.74) is 6.99. The number of hydrogen-bond acceptors (Lipinski definition) is 3. The number of carboxylic acid groups (broad SMARTS) is 1. The number of carboxylic acids is 1. The van der Waals surface area contributed by atoms with Gasteiger partial charge in [0.1, 0.15) is 5.41 Å². The first kappa shape index (κ1) is 14.2. The van der Waals surface area contributed by atoms with Gasteiger partial charge >= 0.3 is 5.97 Å². The average Bonchev–Trinajstić information content (AvgIpc) is 2.45. The lowest BCUT2D eigenvalue weighted by atomic mass is 9.76. The Hall–Kier alpha value is -2.20. The molecule has 0 aliphatic rings. The standard InChI is InChI=1S/C16H18N2O2/c1-12-6-5-9-14(18-12)10-16(11-17,15(19)20)13-7-3-2-4-8-13/h2-9H,10-11,17H2,1H3,(H,19,20). The number of pyridine rings is 1. The first-order valence-corrected chi connectivity index (χ1v) is 6.50. The Bertz CT molecular complexity index is 598. The lowest BCUT2D eigenvalue weighted by Crippen LogP contribution is -2.45. The minimum atomic E-state index is -1.14. The Kier molecular flexibility index (Phi) is 4.15. The zero-order chi connectivity index (χ0) is 14.6. The highest BCUT2D eigenvalue weighted by atomic mass is 16.4. The Balaban J connectivity index is 2.45. The van der Waals surface area contributed by atoms with Gasteiger partial charge in [-0.1, -0.05) is 36.4 Å². The van der Waals surface area contributed by atoms with Gasteiger partial charge in [0.2, 0.25) is 0 Å². The number of aromatic nitrogens is 1. The van der Waals surface area contributed by atoms with Gasteiger partial charge in [0.05, 0.1) is 0 Å². The number of nitrogens with two attached hydrogens (primary N) is 1. The molecule has 4 nitrogen and oxygen atoms in total. The van der Waals surface area contributed by atoms with Crippen LogP contribution in [0.4, 0.5) is 0 Å². The third-order valence-corrected chi connectivity index (χ3v) is 3.51. The fourth-order valence-corrected chi connectivity index (χ4v) is 2.34. The van der Waals surface area contributed by atoms with Gasteiger partial charge in [-0.15, -0.1) is 0 Å². The molecule has 1 unspecified atom stereocenters. The van der Waals surface area contributed by atoms with Crippen LogP contribution < -0.4 is 5.73 Å². The number of carbonyl (C=O) groups is 1. The fourth-order valence-electron chi connectivity index (χ4n) is 2.34. The van der Waals surface area contributed by atoms with E-state index in [9.17, 15) is 9.90 Å². The molecule has 0 saturated heterocycles. The van der Waals surface area contributed by atoms with Crippen LogP contribution in [-0.2, 0) is 16.6 Å². The van der Waals surface area contributed by atoms with Gasteiger partial charge in [-0.3, -0.25) is 9.78 Å². The molecule has 104 valence electrons. The van der Waals surface area contributed by atoms with Gasteiger partial charge in [0, 0.05) is 24.4 Å². The second-order valence-corrected chi connectivity index (χ2v) is 4.90. The van der Waals surface area contributed by atoms with Crippen LogP contribution in [0.25, 0.3) is 0 Å². The van der Waals surface area contributed by atoms with E-state index in [2.05, 4.69) is 4.98 Å². The maximum absolute atomic E-state index is 11.8. The van der Waals surface area contributed by atoms with Gasteiger partial charge in [-0.25, -0.2) is 0 Å². The van der Waals surface area contributed by atoms with Crippen LogP contribution in [0, 0.1) is 6.92 Å². The molecule has 0 saturated carbocycles. The smallest absolute Gasteiger partial charge is 0.315 e. The zero-order valence-corrected chi connectivity index (χ0v) is 11.4. The van der Waals surface area contributed by atoms with E-state index in [-0.39, 0.29) is 13.0 Å². The normalized spacial score (nSPS) is 13.7. The molecule has 4 heteroatoms. The van der Waals surface area contributed by atoms with Crippen LogP contribution in [0.1, 0.15) is 17.0 Å². The largest absolute Gasteiger partial charge is 0.481 e. The third kappa shape index (κ3) is 2.70. The van der Waals surface area contributed by atoms with Crippen molar-refractivity contribution in [1.29, 1.82) is 0 Å². The average molecular weight is 270 g/mol. The summed E-state index contributed by atoms with van der Waals surface area (Å²) in [5.74, 6) is -0.922. The number of aliphatic carboxylic acids is 1. The molecule has 0 spiro atoms. The van der Waals surface area contributed by atoms with Crippen LogP contribution in [0.5, 0.6) is 0 Å². The maximum atomic E-state index is 11.8. The molecule has 1 aromatic carbocycles. The van der Waals surface area contributed by atoms with Crippen LogP contribution in [0.15, 0.2) is 48.5 Å². The summed E-state index contributed by atoms with van der Waals surface area (Å²) >= 11 is 0. The van der Waals surface area contributed by atoms with E-state index in [0.29, 0.717) is 5.56 Å². The van der Waals surface area contributed by atoms with Gasteiger partial charge in [0.25, 0.3) is 0 Å². The van der Waals surface area contributed by atoms with Crippen molar-refractivity contribution in [2.45, 2.75) is 18.8 Å². The monoisotopic (exact) mass is 270 g/mol. The fraction of sp³-hybridized carbons (Fsp3) is 0.250. The minimum Gasteiger partial charge on any atom is -0.481 e. The van der Waals surface area contributed by atoms with Crippen molar-refractivity contribution < 1.29 is 9.90 Å². The molecule has 1 aromatic heterocycles. The Morgan fingerprint density at radius 1 is 1.20 bits per heavy atom. The molecule has 1 heterocycles. The van der Waals surface area contributed by atoms with E-state index in [1.54, 1.807) is 12.1 Å². The van der Waals surface area contributed by atoms with Crippen molar-refractivity contribution in [3.8, 4) is 0 Å². The molecule has 3 N–H and O–H groups in total. The molecular weight excluding hydrogens is 252 g/mol. The second kappa shape index (κ2) is 5.84. The molecule has 0 amide bonds. The molecule has 0 aliphatic carbocycles. The van der Waals surface area contributed by atoms with Crippen LogP contribution in [0.2, 0.25) is 0 Å². The van der Waals surface area contributed by atoms with Gasteiger partial charge in [-0.05, 0) is 24.6 Å². The third-order valence-electron chi connectivity index (χ3n) is 3.51. The van der Waals surface area contributed by atoms with Crippen LogP contribution >= 0.6 is 0 Å². The molecule has 0 aliphatic heterocycles. The number of aryl methyl sites for hydroxylation is 1. The number of rotatable bonds is 5. The predicted molar refractivity (Wildman–Crippen MR) is 77.5 cm³/mol. The molecule has 1 atom stereocenters. The molecule has 20 heavy (non-hydrogen) atoms. The Morgan fingerprint density at radius 2 is 1.90 bits per heavy atom. The van der Waals surface area contributed by atoms with Crippen LogP contribution in [0.3, 0.4) is 0 Å². The van der Waals surface area contributed by atoms with E-state index >= 15 is 0 Å². The predicted octanol–water partition coefficient (Wildman–Crippen LogP) is 1.91. The molecule has 0 fully saturated rings. The number of nitrogens with zero attached hydrogens (tertiary/aromatic N) is 1. The summed E-state index contributed by atoms with van der Waals surface area (Å²) in [4.78, 5) is 16.2. The summed E-state index contributed by atoms with van der Waals surface area (Å²) < 4.78 is 0. The zero-order valence-electron chi connectivity index (χ0n) is 11.4. The van der Waals surface area contributed by atoms with Crippen molar-refractivity contribution in [1.82, 2.24) is 4.98 Å². The van der Waals surface area contributed by atoms with Gasteiger partial charge in [0.15, 0.2) is 0 Å². The minimum absolute atomic E-state index is 0.0297. The van der Waals surface area contributed by atoms with Crippen LogP contribution in [-0.4, -0.2) is 22.6 Å².